The van der Waals surface area contributed by atoms with E-state index in [2.05, 4.69) is 47.2 Å². The van der Waals surface area contributed by atoms with Gasteiger partial charge in [-0.1, -0.05) is 68.3 Å². The third kappa shape index (κ3) is 5.10. The van der Waals surface area contributed by atoms with Crippen molar-refractivity contribution < 1.29 is 9.53 Å². The van der Waals surface area contributed by atoms with Crippen LogP contribution in [0.4, 0.5) is 11.4 Å². The highest BCUT2D eigenvalue weighted by Gasteiger charge is 2.29. The lowest BCUT2D eigenvalue weighted by molar-refractivity contribution is -0.145. The van der Waals surface area contributed by atoms with Gasteiger partial charge in [-0.2, -0.15) is 5.11 Å². The molecular formula is C20H18Br2N4O3. The molecule has 1 N–H and O–H groups in total. The summed E-state index contributed by atoms with van der Waals surface area (Å²) < 4.78 is 6.74. The number of benzene rings is 2. The number of para-hydroxylation sites is 1. The lowest BCUT2D eigenvalue weighted by Gasteiger charge is -2.19. The van der Waals surface area contributed by atoms with Crippen molar-refractivity contribution in [1.29, 1.82) is 0 Å². The maximum atomic E-state index is 13.1. The van der Waals surface area contributed by atoms with E-state index in [1.807, 2.05) is 36.4 Å². The number of hydrogen-bond donors (Lipinski definition) is 1. The molecule has 0 fully saturated rings. The monoisotopic (exact) mass is 520 g/mol. The number of rotatable bonds is 7. The van der Waals surface area contributed by atoms with Crippen LogP contribution in [0.2, 0.25) is 0 Å². The molecule has 0 spiro atoms. The van der Waals surface area contributed by atoms with E-state index < -0.39 is 16.9 Å². The highest BCUT2D eigenvalue weighted by molar-refractivity contribution is 9.09. The number of carbonyl (C=O) groups excluding carboxylic acids is 1. The van der Waals surface area contributed by atoms with E-state index in [0.29, 0.717) is 22.4 Å². The van der Waals surface area contributed by atoms with E-state index in [9.17, 15) is 9.59 Å². The fourth-order valence-electron chi connectivity index (χ4n) is 2.66. The van der Waals surface area contributed by atoms with Crippen LogP contribution in [0.25, 0.3) is 5.69 Å². The highest BCUT2D eigenvalue weighted by atomic mass is 79.9. The van der Waals surface area contributed by atoms with Crippen molar-refractivity contribution in [1.82, 2.24) is 9.78 Å². The molecule has 29 heavy (non-hydrogen) atoms. The lowest BCUT2D eigenvalue weighted by Crippen LogP contribution is -2.23. The number of azo groups is 1. The second-order valence-corrected chi connectivity index (χ2v) is 7.72. The molecule has 2 unspecified atom stereocenters. The summed E-state index contributed by atoms with van der Waals surface area (Å²) in [4.78, 5) is 24.0. The van der Waals surface area contributed by atoms with Gasteiger partial charge < -0.3 is 4.74 Å². The predicted octanol–water partition coefficient (Wildman–Crippen LogP) is 5.34. The number of hydrogen-bond acceptors (Lipinski definition) is 5. The number of halogens is 2. The van der Waals surface area contributed by atoms with Crippen LogP contribution in [0.15, 0.2) is 75.7 Å². The van der Waals surface area contributed by atoms with Crippen LogP contribution in [-0.4, -0.2) is 27.2 Å². The second-order valence-electron chi connectivity index (χ2n) is 6.09. The fourth-order valence-corrected chi connectivity index (χ4v) is 4.29. The summed E-state index contributed by atoms with van der Waals surface area (Å²) in [5, 5.41) is 11.9. The standard InChI is InChI=1S/C20H18Br2N4O3/c1-13(27)29-16(12-21)17(22)18-19(24-23-14-8-4-2-5-9-14)20(28)26(25-18)15-10-6-3-7-11-15/h2-11,16-17,25H,12H2,1H3. The summed E-state index contributed by atoms with van der Waals surface area (Å²) in [7, 11) is 0. The number of nitrogens with zero attached hydrogens (tertiary/aromatic N) is 3. The summed E-state index contributed by atoms with van der Waals surface area (Å²) in [6, 6.07) is 18.3. The summed E-state index contributed by atoms with van der Waals surface area (Å²) in [6.45, 7) is 1.34. The van der Waals surface area contributed by atoms with Gasteiger partial charge in [-0.15, -0.1) is 5.11 Å². The molecule has 3 aromatic rings. The maximum Gasteiger partial charge on any atom is 0.302 e. The van der Waals surface area contributed by atoms with Crippen LogP contribution in [0.5, 0.6) is 0 Å². The number of nitrogens with one attached hydrogen (secondary N) is 1. The zero-order chi connectivity index (χ0) is 20.8. The van der Waals surface area contributed by atoms with Gasteiger partial charge in [0.2, 0.25) is 0 Å². The predicted molar refractivity (Wildman–Crippen MR) is 118 cm³/mol. The summed E-state index contributed by atoms with van der Waals surface area (Å²) in [6.07, 6.45) is -0.555. The van der Waals surface area contributed by atoms with Gasteiger partial charge in [0.1, 0.15) is 6.10 Å². The number of H-pyrrole nitrogens is 1. The Morgan fingerprint density at radius 1 is 1.10 bits per heavy atom. The quantitative estimate of drug-likeness (QED) is 0.258. The van der Waals surface area contributed by atoms with Crippen LogP contribution in [0, 0.1) is 0 Å². The molecule has 7 nitrogen and oxygen atoms in total. The van der Waals surface area contributed by atoms with Crippen molar-refractivity contribution in [3.63, 3.8) is 0 Å². The molecule has 0 radical (unpaired) electrons. The third-order valence-corrected chi connectivity index (χ3v) is 5.69. The molecule has 0 aliphatic heterocycles. The molecule has 0 aliphatic rings. The van der Waals surface area contributed by atoms with Crippen molar-refractivity contribution in [3.05, 3.63) is 76.7 Å². The first-order chi connectivity index (χ1) is 14.0. The minimum absolute atomic E-state index is 0.137. The highest BCUT2D eigenvalue weighted by Crippen LogP contribution is 2.34. The number of carbonyl (C=O) groups is 1. The van der Waals surface area contributed by atoms with Gasteiger partial charge >= 0.3 is 5.97 Å². The van der Waals surface area contributed by atoms with E-state index >= 15 is 0 Å². The van der Waals surface area contributed by atoms with Gasteiger partial charge in [-0.05, 0) is 24.3 Å². The minimum atomic E-state index is -0.555. The molecule has 2 atom stereocenters. The molecule has 0 amide bonds. The van der Waals surface area contributed by atoms with Crippen molar-refractivity contribution in [3.8, 4) is 5.69 Å². The van der Waals surface area contributed by atoms with Crippen molar-refractivity contribution in [2.24, 2.45) is 10.2 Å². The third-order valence-electron chi connectivity index (χ3n) is 4.00. The first-order valence-electron chi connectivity index (χ1n) is 8.75. The summed E-state index contributed by atoms with van der Waals surface area (Å²) >= 11 is 6.90. The van der Waals surface area contributed by atoms with E-state index in [-0.39, 0.29) is 11.2 Å². The SMILES string of the molecule is CC(=O)OC(CBr)C(Br)c1[nH]n(-c2ccccc2)c(=O)c1N=Nc1ccccc1. The number of aromatic amines is 1. The van der Waals surface area contributed by atoms with Crippen molar-refractivity contribution in [2.75, 3.05) is 5.33 Å². The normalized spacial score (nSPS) is 13.3. The topological polar surface area (TPSA) is 88.8 Å². The van der Waals surface area contributed by atoms with Crippen LogP contribution in [-0.2, 0) is 9.53 Å². The maximum absolute atomic E-state index is 13.1. The Hall–Kier alpha value is -2.52. The molecule has 3 rings (SSSR count). The van der Waals surface area contributed by atoms with Crippen LogP contribution < -0.4 is 5.56 Å². The van der Waals surface area contributed by atoms with Gasteiger partial charge in [0.25, 0.3) is 5.56 Å². The summed E-state index contributed by atoms with van der Waals surface area (Å²) in [5.74, 6) is -0.420. The molecule has 1 heterocycles. The molecule has 0 bridgehead atoms. The Morgan fingerprint density at radius 3 is 2.31 bits per heavy atom. The Bertz CT molecular complexity index is 1050. The van der Waals surface area contributed by atoms with E-state index in [4.69, 9.17) is 4.74 Å². The molecule has 0 saturated heterocycles. The molecule has 2 aromatic carbocycles. The first kappa shape index (κ1) is 21.2. The second kappa shape index (κ2) is 9.80. The Balaban J connectivity index is 2.09. The Morgan fingerprint density at radius 2 is 1.72 bits per heavy atom. The number of alkyl halides is 2. The van der Waals surface area contributed by atoms with Crippen LogP contribution in [0.1, 0.15) is 17.4 Å². The van der Waals surface area contributed by atoms with Crippen molar-refractivity contribution >= 4 is 49.2 Å². The van der Waals surface area contributed by atoms with E-state index in [1.165, 1.54) is 11.6 Å². The molecule has 0 saturated carbocycles. The molecule has 1 aromatic heterocycles. The number of ether oxygens (including phenoxy) is 1. The van der Waals surface area contributed by atoms with Gasteiger partial charge in [-0.25, -0.2) is 4.68 Å². The molecule has 0 aliphatic carbocycles. The average Bonchev–Trinajstić information content (AvgIpc) is 3.07. The Labute approximate surface area is 184 Å². The average molecular weight is 522 g/mol. The van der Waals surface area contributed by atoms with Crippen molar-refractivity contribution in [2.45, 2.75) is 17.9 Å². The van der Waals surface area contributed by atoms with E-state index in [0.717, 1.165) is 0 Å². The molecular weight excluding hydrogens is 504 g/mol. The van der Waals surface area contributed by atoms with Gasteiger partial charge in [0.05, 0.1) is 21.9 Å². The van der Waals surface area contributed by atoms with Crippen LogP contribution in [0.3, 0.4) is 0 Å². The zero-order valence-corrected chi connectivity index (χ0v) is 18.6. The van der Waals surface area contributed by atoms with Gasteiger partial charge in [0, 0.05) is 12.3 Å². The lowest BCUT2D eigenvalue weighted by atomic mass is 10.2. The number of esters is 1. The minimum Gasteiger partial charge on any atom is -0.460 e. The number of aromatic nitrogens is 2. The van der Waals surface area contributed by atoms with Gasteiger partial charge in [0.15, 0.2) is 5.69 Å². The Kier molecular flexibility index (Phi) is 7.16. The largest absolute Gasteiger partial charge is 0.460 e. The summed E-state index contributed by atoms with van der Waals surface area (Å²) in [5.41, 5.74) is 1.52. The van der Waals surface area contributed by atoms with Crippen LogP contribution >= 0.6 is 31.9 Å². The van der Waals surface area contributed by atoms with E-state index in [1.54, 1.807) is 24.3 Å². The fraction of sp³-hybridized carbons (Fsp3) is 0.200. The molecule has 9 heteroatoms. The zero-order valence-electron chi connectivity index (χ0n) is 15.5. The van der Waals surface area contributed by atoms with Gasteiger partial charge in [-0.3, -0.25) is 14.7 Å². The smallest absolute Gasteiger partial charge is 0.302 e. The molecule has 150 valence electrons. The first-order valence-corrected chi connectivity index (χ1v) is 10.8.